The van der Waals surface area contributed by atoms with Crippen molar-refractivity contribution < 1.29 is 0 Å². The minimum absolute atomic E-state index is 0.769. The van der Waals surface area contributed by atoms with E-state index in [2.05, 4.69) is 18.7 Å². The van der Waals surface area contributed by atoms with Gasteiger partial charge in [0.05, 0.1) is 0 Å². The van der Waals surface area contributed by atoms with Crippen LogP contribution in [0.3, 0.4) is 0 Å². The summed E-state index contributed by atoms with van der Waals surface area (Å²) in [5, 5.41) is 0. The number of nitrogens with zero attached hydrogens (tertiary/aromatic N) is 1. The van der Waals surface area contributed by atoms with Crippen molar-refractivity contribution in [3.05, 3.63) is 0 Å². The van der Waals surface area contributed by atoms with Crippen molar-refractivity contribution >= 4 is 0 Å². The van der Waals surface area contributed by atoms with Gasteiger partial charge in [-0.2, -0.15) is 0 Å². The van der Waals surface area contributed by atoms with Gasteiger partial charge in [0, 0.05) is 6.04 Å². The number of hydrogen-bond acceptors (Lipinski definition) is 2. The molecule has 2 nitrogen and oxygen atoms in total. The summed E-state index contributed by atoms with van der Waals surface area (Å²) in [5.41, 5.74) is 5.50. The van der Waals surface area contributed by atoms with Crippen molar-refractivity contribution in [2.75, 3.05) is 19.6 Å². The summed E-state index contributed by atoms with van der Waals surface area (Å²) < 4.78 is 0. The highest BCUT2D eigenvalue weighted by Crippen LogP contribution is 2.22. The molecular formula is C10H22N2. The van der Waals surface area contributed by atoms with Gasteiger partial charge in [-0.05, 0) is 51.7 Å². The van der Waals surface area contributed by atoms with Gasteiger partial charge in [0.15, 0.2) is 0 Å². The lowest BCUT2D eigenvalue weighted by Crippen LogP contribution is -2.43. The van der Waals surface area contributed by atoms with Crippen molar-refractivity contribution in [3.8, 4) is 0 Å². The van der Waals surface area contributed by atoms with Crippen molar-refractivity contribution in [3.63, 3.8) is 0 Å². The van der Waals surface area contributed by atoms with E-state index >= 15 is 0 Å². The van der Waals surface area contributed by atoms with Crippen LogP contribution in [-0.2, 0) is 0 Å². The SMILES string of the molecule is C[C@@H]1CCCN(CCCN)[C@@H]1C. The van der Waals surface area contributed by atoms with Crippen LogP contribution >= 0.6 is 0 Å². The highest BCUT2D eigenvalue weighted by atomic mass is 15.2. The summed E-state index contributed by atoms with van der Waals surface area (Å²) >= 11 is 0. The van der Waals surface area contributed by atoms with E-state index in [9.17, 15) is 0 Å². The predicted octanol–water partition coefficient (Wildman–Crippen LogP) is 1.46. The Labute approximate surface area is 76.1 Å². The van der Waals surface area contributed by atoms with Gasteiger partial charge >= 0.3 is 0 Å². The Morgan fingerprint density at radius 1 is 1.42 bits per heavy atom. The summed E-state index contributed by atoms with van der Waals surface area (Å²) in [7, 11) is 0. The van der Waals surface area contributed by atoms with Gasteiger partial charge in [-0.3, -0.25) is 0 Å². The lowest BCUT2D eigenvalue weighted by Gasteiger charge is -2.37. The molecule has 0 aromatic heterocycles. The van der Waals surface area contributed by atoms with Crippen LogP contribution < -0.4 is 5.73 Å². The number of piperidine rings is 1. The molecular weight excluding hydrogens is 148 g/mol. The van der Waals surface area contributed by atoms with Crippen molar-refractivity contribution in [2.24, 2.45) is 11.7 Å². The first-order chi connectivity index (χ1) is 5.75. The van der Waals surface area contributed by atoms with E-state index in [1.54, 1.807) is 0 Å². The lowest BCUT2D eigenvalue weighted by atomic mass is 9.92. The Morgan fingerprint density at radius 3 is 2.83 bits per heavy atom. The summed E-state index contributed by atoms with van der Waals surface area (Å²) in [6.07, 6.45) is 3.92. The number of hydrogen-bond donors (Lipinski definition) is 1. The van der Waals surface area contributed by atoms with E-state index in [1.165, 1.54) is 25.9 Å². The Kier molecular flexibility index (Phi) is 4.02. The Hall–Kier alpha value is -0.0800. The molecule has 72 valence electrons. The van der Waals surface area contributed by atoms with Crippen LogP contribution in [0.5, 0.6) is 0 Å². The van der Waals surface area contributed by atoms with E-state index in [0.29, 0.717) is 0 Å². The van der Waals surface area contributed by atoms with Crippen LogP contribution in [0, 0.1) is 5.92 Å². The van der Waals surface area contributed by atoms with Gasteiger partial charge in [-0.25, -0.2) is 0 Å². The normalized spacial score (nSPS) is 32.2. The van der Waals surface area contributed by atoms with Crippen LogP contribution in [0.2, 0.25) is 0 Å². The second-order valence-electron chi connectivity index (χ2n) is 4.04. The Bertz CT molecular complexity index is 125. The molecule has 0 aliphatic carbocycles. The fourth-order valence-corrected chi connectivity index (χ4v) is 2.03. The molecule has 1 aliphatic rings. The third-order valence-electron chi connectivity index (χ3n) is 3.15. The molecule has 2 N–H and O–H groups in total. The predicted molar refractivity (Wildman–Crippen MR) is 53.1 cm³/mol. The number of rotatable bonds is 3. The molecule has 1 fully saturated rings. The molecule has 0 unspecified atom stereocenters. The molecule has 2 atom stereocenters. The van der Waals surface area contributed by atoms with Crippen molar-refractivity contribution in [2.45, 2.75) is 39.2 Å². The molecule has 12 heavy (non-hydrogen) atoms. The molecule has 0 aromatic carbocycles. The first-order valence-corrected chi connectivity index (χ1v) is 5.20. The number of likely N-dealkylation sites (tertiary alicyclic amines) is 1. The molecule has 0 spiro atoms. The average Bonchev–Trinajstić information content (AvgIpc) is 2.08. The lowest BCUT2D eigenvalue weighted by molar-refractivity contribution is 0.113. The minimum atomic E-state index is 0.769. The summed E-state index contributed by atoms with van der Waals surface area (Å²) in [6.45, 7) is 8.02. The minimum Gasteiger partial charge on any atom is -0.330 e. The molecule has 0 radical (unpaired) electrons. The smallest absolute Gasteiger partial charge is 0.00925 e. The standard InChI is InChI=1S/C10H22N2/c1-9-5-3-7-12(10(9)2)8-4-6-11/h9-10H,3-8,11H2,1-2H3/t9-,10-/m1/s1. The quantitative estimate of drug-likeness (QED) is 0.694. The third kappa shape index (κ3) is 2.46. The first kappa shape index (κ1) is 10.0. The maximum absolute atomic E-state index is 5.50. The summed E-state index contributed by atoms with van der Waals surface area (Å²) in [4.78, 5) is 2.58. The van der Waals surface area contributed by atoms with Gasteiger partial charge in [-0.1, -0.05) is 6.92 Å². The largest absolute Gasteiger partial charge is 0.330 e. The van der Waals surface area contributed by atoms with Gasteiger partial charge in [0.2, 0.25) is 0 Å². The highest BCUT2D eigenvalue weighted by molar-refractivity contribution is 4.78. The van der Waals surface area contributed by atoms with Crippen molar-refractivity contribution in [1.82, 2.24) is 4.90 Å². The second kappa shape index (κ2) is 4.83. The van der Waals surface area contributed by atoms with Gasteiger partial charge in [0.25, 0.3) is 0 Å². The topological polar surface area (TPSA) is 29.3 Å². The van der Waals surface area contributed by atoms with E-state index in [4.69, 9.17) is 5.73 Å². The molecule has 1 aliphatic heterocycles. The van der Waals surface area contributed by atoms with Crippen LogP contribution in [0.4, 0.5) is 0 Å². The van der Waals surface area contributed by atoms with E-state index in [-0.39, 0.29) is 0 Å². The average molecular weight is 170 g/mol. The molecule has 1 heterocycles. The molecule has 1 rings (SSSR count). The van der Waals surface area contributed by atoms with Gasteiger partial charge < -0.3 is 10.6 Å². The fourth-order valence-electron chi connectivity index (χ4n) is 2.03. The van der Waals surface area contributed by atoms with E-state index < -0.39 is 0 Å². The van der Waals surface area contributed by atoms with Crippen molar-refractivity contribution in [1.29, 1.82) is 0 Å². The van der Waals surface area contributed by atoms with E-state index in [0.717, 1.165) is 24.9 Å². The van der Waals surface area contributed by atoms with Crippen LogP contribution in [0.1, 0.15) is 33.1 Å². The summed E-state index contributed by atoms with van der Waals surface area (Å²) in [5.74, 6) is 0.872. The molecule has 0 amide bonds. The summed E-state index contributed by atoms with van der Waals surface area (Å²) in [6, 6.07) is 0.769. The zero-order valence-electron chi connectivity index (χ0n) is 8.42. The maximum Gasteiger partial charge on any atom is 0.00925 e. The third-order valence-corrected chi connectivity index (χ3v) is 3.15. The fraction of sp³-hybridized carbons (Fsp3) is 1.00. The molecule has 0 aromatic rings. The zero-order valence-corrected chi connectivity index (χ0v) is 8.42. The molecule has 1 saturated heterocycles. The van der Waals surface area contributed by atoms with Gasteiger partial charge in [-0.15, -0.1) is 0 Å². The van der Waals surface area contributed by atoms with E-state index in [1.807, 2.05) is 0 Å². The zero-order chi connectivity index (χ0) is 8.97. The van der Waals surface area contributed by atoms with Crippen LogP contribution in [0.25, 0.3) is 0 Å². The molecule has 2 heteroatoms. The van der Waals surface area contributed by atoms with Crippen LogP contribution in [0.15, 0.2) is 0 Å². The Morgan fingerprint density at radius 2 is 2.17 bits per heavy atom. The maximum atomic E-state index is 5.50. The van der Waals surface area contributed by atoms with Crippen LogP contribution in [-0.4, -0.2) is 30.6 Å². The second-order valence-corrected chi connectivity index (χ2v) is 4.04. The highest BCUT2D eigenvalue weighted by Gasteiger charge is 2.23. The molecule has 0 saturated carbocycles. The first-order valence-electron chi connectivity index (χ1n) is 5.20. The Balaban J connectivity index is 2.30. The number of nitrogens with two attached hydrogens (primary N) is 1. The molecule has 0 bridgehead atoms. The van der Waals surface area contributed by atoms with Gasteiger partial charge in [0.1, 0.15) is 0 Å². The monoisotopic (exact) mass is 170 g/mol.